The summed E-state index contributed by atoms with van der Waals surface area (Å²) in [6, 6.07) is 31.8. The number of hydrogen-bond donors (Lipinski definition) is 0. The Morgan fingerprint density at radius 3 is 1.44 bits per heavy atom. The third kappa shape index (κ3) is 4.75. The van der Waals surface area contributed by atoms with Gasteiger partial charge < -0.3 is 0 Å². The van der Waals surface area contributed by atoms with Gasteiger partial charge in [0.25, 0.3) is 0 Å². The highest BCUT2D eigenvalue weighted by molar-refractivity contribution is 9.09. The Balaban J connectivity index is 2.12. The molecule has 138 valence electrons. The third-order valence-electron chi connectivity index (χ3n) is 4.84. The van der Waals surface area contributed by atoms with E-state index in [2.05, 4.69) is 88.7 Å². The van der Waals surface area contributed by atoms with Crippen molar-refractivity contribution >= 4 is 44.9 Å². The highest BCUT2D eigenvalue weighted by Gasteiger charge is 2.46. The zero-order valence-electron chi connectivity index (χ0n) is 15.4. The Kier molecular flexibility index (Phi) is 7.38. The van der Waals surface area contributed by atoms with Gasteiger partial charge in [0, 0.05) is 11.8 Å². The Labute approximate surface area is 171 Å². The minimum atomic E-state index is -2.02. The fourth-order valence-electron chi connectivity index (χ4n) is 3.53. The number of Topliss-reactive ketones (excluding diaryl/α,β-unsaturated/α-hetero) is 1. The van der Waals surface area contributed by atoms with Gasteiger partial charge in [0.15, 0.2) is 5.78 Å². The number of carbonyl (C=O) groups is 1. The molecular formula is C24H25BrOP+. The van der Waals surface area contributed by atoms with E-state index in [4.69, 9.17) is 0 Å². The van der Waals surface area contributed by atoms with Crippen LogP contribution in [-0.2, 0) is 4.79 Å². The van der Waals surface area contributed by atoms with Crippen molar-refractivity contribution in [2.75, 3.05) is 11.5 Å². The summed E-state index contributed by atoms with van der Waals surface area (Å²) < 4.78 is 0. The molecule has 3 aromatic carbocycles. The molecule has 0 N–H and O–H groups in total. The van der Waals surface area contributed by atoms with Gasteiger partial charge in [0.1, 0.15) is 29.3 Å². The summed E-state index contributed by atoms with van der Waals surface area (Å²) in [5.74, 6) is 0.362. The van der Waals surface area contributed by atoms with Gasteiger partial charge in [-0.2, -0.15) is 0 Å². The minimum absolute atomic E-state index is 0.362. The second-order valence-electron chi connectivity index (χ2n) is 6.66. The predicted octanol–water partition coefficient (Wildman–Crippen LogP) is 5.11. The van der Waals surface area contributed by atoms with E-state index in [9.17, 15) is 4.79 Å². The summed E-state index contributed by atoms with van der Waals surface area (Å²) in [6.07, 6.45) is 3.23. The number of ketones is 1. The number of rotatable bonds is 9. The van der Waals surface area contributed by atoms with Gasteiger partial charge >= 0.3 is 0 Å². The molecule has 0 amide bonds. The van der Waals surface area contributed by atoms with Crippen LogP contribution in [0.3, 0.4) is 0 Å². The molecule has 3 heteroatoms. The summed E-state index contributed by atoms with van der Waals surface area (Å²) in [6.45, 7) is 0. The summed E-state index contributed by atoms with van der Waals surface area (Å²) in [7, 11) is -2.02. The number of benzene rings is 3. The van der Waals surface area contributed by atoms with Gasteiger partial charge in [-0.15, -0.1) is 0 Å². The van der Waals surface area contributed by atoms with Crippen molar-refractivity contribution in [2.45, 2.75) is 19.3 Å². The quantitative estimate of drug-likeness (QED) is 0.257. The van der Waals surface area contributed by atoms with Crippen LogP contribution < -0.4 is 15.9 Å². The molecule has 0 saturated heterocycles. The van der Waals surface area contributed by atoms with Crippen molar-refractivity contribution in [3.05, 3.63) is 91.0 Å². The lowest BCUT2D eigenvalue weighted by molar-refractivity contribution is -0.116. The molecule has 3 aromatic rings. The minimum Gasteiger partial charge on any atom is -0.296 e. The average molecular weight is 440 g/mol. The molecule has 27 heavy (non-hydrogen) atoms. The molecule has 0 fully saturated rings. The van der Waals surface area contributed by atoms with Crippen LogP contribution in [0, 0.1) is 0 Å². The van der Waals surface area contributed by atoms with Gasteiger partial charge in [-0.1, -0.05) is 70.5 Å². The zero-order valence-corrected chi connectivity index (χ0v) is 17.9. The van der Waals surface area contributed by atoms with Crippen LogP contribution in [0.25, 0.3) is 0 Å². The van der Waals surface area contributed by atoms with Crippen molar-refractivity contribution in [2.24, 2.45) is 0 Å². The molecule has 0 bridgehead atoms. The lowest BCUT2D eigenvalue weighted by atomic mass is 10.2. The van der Waals surface area contributed by atoms with Gasteiger partial charge in [-0.3, -0.25) is 4.79 Å². The van der Waals surface area contributed by atoms with E-state index >= 15 is 0 Å². The van der Waals surface area contributed by atoms with Crippen LogP contribution in [0.4, 0.5) is 0 Å². The van der Waals surface area contributed by atoms with Crippen molar-refractivity contribution in [1.82, 2.24) is 0 Å². The zero-order chi connectivity index (χ0) is 19.0. The van der Waals surface area contributed by atoms with Crippen molar-refractivity contribution in [3.8, 4) is 0 Å². The van der Waals surface area contributed by atoms with E-state index in [-0.39, 0.29) is 0 Å². The van der Waals surface area contributed by atoms with E-state index in [1.165, 1.54) is 15.9 Å². The first-order valence-corrected chi connectivity index (χ1v) is 12.5. The highest BCUT2D eigenvalue weighted by atomic mass is 79.9. The first kappa shape index (κ1) is 20.0. The van der Waals surface area contributed by atoms with Crippen LogP contribution in [0.5, 0.6) is 0 Å². The molecule has 0 aliphatic carbocycles. The molecule has 0 radical (unpaired) electrons. The standard InChI is InChI=1S/C24H25BrOP/c25-19-11-10-12-21(26)20-27(22-13-4-1-5-14-22,23-15-6-2-7-16-23)24-17-8-3-9-18-24/h1-9,13-18H,10-12,19-20H2/q+1. The second-order valence-corrected chi connectivity index (χ2v) is 10.9. The van der Waals surface area contributed by atoms with E-state index in [0.29, 0.717) is 18.4 Å². The van der Waals surface area contributed by atoms with Gasteiger partial charge in [-0.25, -0.2) is 0 Å². The normalized spacial score (nSPS) is 11.3. The van der Waals surface area contributed by atoms with E-state index in [1.807, 2.05) is 18.2 Å². The third-order valence-corrected chi connectivity index (χ3v) is 9.77. The molecule has 0 aromatic heterocycles. The first-order valence-electron chi connectivity index (χ1n) is 9.40. The number of hydrogen-bond acceptors (Lipinski definition) is 1. The SMILES string of the molecule is O=C(CCCCBr)C[P+](c1ccccc1)(c1ccccc1)c1ccccc1. The lowest BCUT2D eigenvalue weighted by Gasteiger charge is -2.27. The molecule has 1 nitrogen and oxygen atoms in total. The van der Waals surface area contributed by atoms with E-state index < -0.39 is 7.26 Å². The molecule has 0 unspecified atom stereocenters. The maximum Gasteiger partial charge on any atom is 0.171 e. The number of unbranched alkanes of at least 4 members (excludes halogenated alkanes) is 1. The monoisotopic (exact) mass is 439 g/mol. The molecule has 3 rings (SSSR count). The summed E-state index contributed by atoms with van der Waals surface area (Å²) >= 11 is 3.47. The van der Waals surface area contributed by atoms with E-state index in [1.54, 1.807) is 0 Å². The Hall–Kier alpha value is -1.76. The van der Waals surface area contributed by atoms with Crippen LogP contribution >= 0.6 is 23.2 Å². The van der Waals surface area contributed by atoms with Crippen LogP contribution in [-0.4, -0.2) is 17.3 Å². The number of carbonyl (C=O) groups excluding carboxylic acids is 1. The summed E-state index contributed by atoms with van der Waals surface area (Å²) in [4.78, 5) is 13.1. The van der Waals surface area contributed by atoms with Gasteiger partial charge in [0.05, 0.1) is 0 Å². The predicted molar refractivity (Wildman–Crippen MR) is 123 cm³/mol. The molecular weight excluding hydrogens is 415 g/mol. The smallest absolute Gasteiger partial charge is 0.171 e. The number of alkyl halides is 1. The van der Waals surface area contributed by atoms with Crippen molar-refractivity contribution in [3.63, 3.8) is 0 Å². The summed E-state index contributed by atoms with van der Waals surface area (Å²) in [5, 5.41) is 4.78. The van der Waals surface area contributed by atoms with Gasteiger partial charge in [-0.05, 0) is 49.2 Å². The van der Waals surface area contributed by atoms with Crippen molar-refractivity contribution < 1.29 is 4.79 Å². The van der Waals surface area contributed by atoms with Crippen molar-refractivity contribution in [1.29, 1.82) is 0 Å². The molecule has 0 atom stereocenters. The van der Waals surface area contributed by atoms with Crippen LogP contribution in [0.1, 0.15) is 19.3 Å². The maximum atomic E-state index is 13.1. The Morgan fingerprint density at radius 2 is 1.07 bits per heavy atom. The Bertz CT molecular complexity index is 737. The highest BCUT2D eigenvalue weighted by Crippen LogP contribution is 2.55. The van der Waals surface area contributed by atoms with Crippen LogP contribution in [0.2, 0.25) is 0 Å². The lowest BCUT2D eigenvalue weighted by Crippen LogP contribution is -2.35. The summed E-state index contributed by atoms with van der Waals surface area (Å²) in [5.41, 5.74) is 0. The fraction of sp³-hybridized carbons (Fsp3) is 0.208. The molecule has 0 spiro atoms. The number of halogens is 1. The second kappa shape index (κ2) is 9.97. The fourth-order valence-corrected chi connectivity index (χ4v) is 8.10. The molecule has 0 aliphatic heterocycles. The Morgan fingerprint density at radius 1 is 0.667 bits per heavy atom. The largest absolute Gasteiger partial charge is 0.296 e. The van der Waals surface area contributed by atoms with E-state index in [0.717, 1.165) is 18.2 Å². The molecule has 0 saturated carbocycles. The molecule has 0 heterocycles. The molecule has 0 aliphatic rings. The average Bonchev–Trinajstić information content (AvgIpc) is 2.74. The first-order chi connectivity index (χ1) is 13.3. The maximum absolute atomic E-state index is 13.1. The van der Waals surface area contributed by atoms with Crippen LogP contribution in [0.15, 0.2) is 91.0 Å². The van der Waals surface area contributed by atoms with Gasteiger partial charge in [0.2, 0.25) is 0 Å². The topological polar surface area (TPSA) is 17.1 Å².